The smallest absolute Gasteiger partial charge is 0.248 e. The standard InChI is InChI=1S/C19H20N4O2S/c1-22(15-7-4-3-5-8-15)21-18(24)14-26-19-20-11-12-23(19)16-9-6-10-17(13-16)25-2/h3-13H,14H2,1-2H3,(H,21,24). The average molecular weight is 368 g/mol. The second-order valence-electron chi connectivity index (χ2n) is 5.50. The number of thioether (sulfide) groups is 1. The molecule has 6 nitrogen and oxygen atoms in total. The number of nitrogens with one attached hydrogen (secondary N) is 1. The number of amides is 1. The van der Waals surface area contributed by atoms with Crippen LogP contribution in [0.15, 0.2) is 72.1 Å². The van der Waals surface area contributed by atoms with E-state index in [0.717, 1.165) is 22.3 Å². The average Bonchev–Trinajstić information content (AvgIpc) is 3.16. The molecular formula is C19H20N4O2S. The molecule has 0 bridgehead atoms. The summed E-state index contributed by atoms with van der Waals surface area (Å²) in [5, 5.41) is 2.45. The van der Waals surface area contributed by atoms with Crippen molar-refractivity contribution in [1.29, 1.82) is 0 Å². The largest absolute Gasteiger partial charge is 0.497 e. The Labute approximate surface area is 156 Å². The number of rotatable bonds is 7. The van der Waals surface area contributed by atoms with Crippen molar-refractivity contribution in [3.05, 3.63) is 67.0 Å². The van der Waals surface area contributed by atoms with Gasteiger partial charge in [0.05, 0.1) is 24.2 Å². The Kier molecular flexibility index (Phi) is 5.80. The Morgan fingerprint density at radius 2 is 2.04 bits per heavy atom. The number of anilines is 1. The lowest BCUT2D eigenvalue weighted by molar-refractivity contribution is -0.118. The van der Waals surface area contributed by atoms with Crippen molar-refractivity contribution in [2.24, 2.45) is 0 Å². The van der Waals surface area contributed by atoms with Gasteiger partial charge in [0.25, 0.3) is 0 Å². The van der Waals surface area contributed by atoms with Crippen molar-refractivity contribution < 1.29 is 9.53 Å². The van der Waals surface area contributed by atoms with E-state index in [1.54, 1.807) is 18.3 Å². The Balaban J connectivity index is 1.62. The summed E-state index contributed by atoms with van der Waals surface area (Å²) >= 11 is 1.38. The molecule has 3 rings (SSSR count). The van der Waals surface area contributed by atoms with Crippen LogP contribution in [0.3, 0.4) is 0 Å². The molecule has 7 heteroatoms. The third-order valence-corrected chi connectivity index (χ3v) is 4.67. The number of imidazole rings is 1. The van der Waals surface area contributed by atoms with Gasteiger partial charge in [0.2, 0.25) is 5.91 Å². The Hall–Kier alpha value is -2.93. The molecule has 1 heterocycles. The molecule has 0 aliphatic heterocycles. The van der Waals surface area contributed by atoms with Gasteiger partial charge in [-0.15, -0.1) is 0 Å². The molecule has 1 amide bonds. The number of hydrogen-bond acceptors (Lipinski definition) is 5. The molecule has 3 aromatic rings. The van der Waals surface area contributed by atoms with E-state index in [1.807, 2.05) is 72.4 Å². The first-order chi connectivity index (χ1) is 12.7. The van der Waals surface area contributed by atoms with Crippen molar-refractivity contribution in [2.45, 2.75) is 5.16 Å². The fourth-order valence-corrected chi connectivity index (χ4v) is 3.18. The molecular weight excluding hydrogens is 348 g/mol. The highest BCUT2D eigenvalue weighted by molar-refractivity contribution is 7.99. The summed E-state index contributed by atoms with van der Waals surface area (Å²) in [4.78, 5) is 16.6. The maximum Gasteiger partial charge on any atom is 0.248 e. The van der Waals surface area contributed by atoms with Crippen molar-refractivity contribution in [1.82, 2.24) is 15.0 Å². The normalized spacial score (nSPS) is 10.4. The zero-order valence-electron chi connectivity index (χ0n) is 14.6. The summed E-state index contributed by atoms with van der Waals surface area (Å²) < 4.78 is 7.20. The topological polar surface area (TPSA) is 59.4 Å². The van der Waals surface area contributed by atoms with E-state index in [0.29, 0.717) is 0 Å². The number of aromatic nitrogens is 2. The first kappa shape index (κ1) is 17.9. The van der Waals surface area contributed by atoms with Gasteiger partial charge < -0.3 is 4.74 Å². The third-order valence-electron chi connectivity index (χ3n) is 3.71. The number of benzene rings is 2. The second kappa shape index (κ2) is 8.44. The molecule has 0 radical (unpaired) electrons. The number of carbonyl (C=O) groups is 1. The molecule has 0 saturated carbocycles. The SMILES string of the molecule is COc1cccc(-n2ccnc2SCC(=O)NN(C)c2ccccc2)c1. The van der Waals surface area contributed by atoms with E-state index in [9.17, 15) is 4.79 Å². The van der Waals surface area contributed by atoms with Crippen molar-refractivity contribution in [2.75, 3.05) is 24.9 Å². The van der Waals surface area contributed by atoms with Crippen LogP contribution in [0.2, 0.25) is 0 Å². The molecule has 0 unspecified atom stereocenters. The van der Waals surface area contributed by atoms with Crippen molar-refractivity contribution in [3.63, 3.8) is 0 Å². The number of hydrogen-bond donors (Lipinski definition) is 1. The van der Waals surface area contributed by atoms with Gasteiger partial charge in [-0.3, -0.25) is 19.8 Å². The highest BCUT2D eigenvalue weighted by atomic mass is 32.2. The van der Waals surface area contributed by atoms with Crippen LogP contribution in [-0.4, -0.2) is 35.4 Å². The summed E-state index contributed by atoms with van der Waals surface area (Å²) in [5.74, 6) is 0.939. The number of methoxy groups -OCH3 is 1. The lowest BCUT2D eigenvalue weighted by Gasteiger charge is -2.20. The van der Waals surface area contributed by atoms with Crippen molar-refractivity contribution in [3.8, 4) is 11.4 Å². The fraction of sp³-hybridized carbons (Fsp3) is 0.158. The zero-order chi connectivity index (χ0) is 18.4. The summed E-state index contributed by atoms with van der Waals surface area (Å²) in [6.45, 7) is 0. The Bertz CT molecular complexity index is 867. The highest BCUT2D eigenvalue weighted by Crippen LogP contribution is 2.23. The lowest BCUT2D eigenvalue weighted by atomic mass is 10.3. The summed E-state index contributed by atoms with van der Waals surface area (Å²) in [7, 11) is 3.45. The summed E-state index contributed by atoms with van der Waals surface area (Å²) in [5.41, 5.74) is 4.71. The highest BCUT2D eigenvalue weighted by Gasteiger charge is 2.11. The van der Waals surface area contributed by atoms with E-state index in [4.69, 9.17) is 4.74 Å². The Morgan fingerprint density at radius 3 is 2.81 bits per heavy atom. The van der Waals surface area contributed by atoms with Crippen LogP contribution >= 0.6 is 11.8 Å². The van der Waals surface area contributed by atoms with Crippen LogP contribution in [0.5, 0.6) is 5.75 Å². The number of ether oxygens (including phenoxy) is 1. The van der Waals surface area contributed by atoms with Crippen LogP contribution in [-0.2, 0) is 4.79 Å². The van der Waals surface area contributed by atoms with Crippen LogP contribution < -0.4 is 15.2 Å². The molecule has 0 fully saturated rings. The van der Waals surface area contributed by atoms with Gasteiger partial charge in [-0.2, -0.15) is 0 Å². The van der Waals surface area contributed by atoms with Crippen LogP contribution in [0, 0.1) is 0 Å². The molecule has 0 saturated heterocycles. The summed E-state index contributed by atoms with van der Waals surface area (Å²) in [6, 6.07) is 17.4. The minimum Gasteiger partial charge on any atom is -0.497 e. The molecule has 1 aromatic heterocycles. The number of para-hydroxylation sites is 1. The molecule has 0 aliphatic rings. The lowest BCUT2D eigenvalue weighted by Crippen LogP contribution is -2.40. The number of hydrazine groups is 1. The van der Waals surface area contributed by atoms with Gasteiger partial charge in [-0.05, 0) is 24.3 Å². The monoisotopic (exact) mass is 368 g/mol. The summed E-state index contributed by atoms with van der Waals surface area (Å²) in [6.07, 6.45) is 3.58. The minimum atomic E-state index is -0.0958. The number of carbonyl (C=O) groups excluding carboxylic acids is 1. The molecule has 2 aromatic carbocycles. The molecule has 0 aliphatic carbocycles. The molecule has 134 valence electrons. The number of nitrogens with zero attached hydrogens (tertiary/aromatic N) is 3. The third kappa shape index (κ3) is 4.37. The van der Waals surface area contributed by atoms with E-state index < -0.39 is 0 Å². The van der Waals surface area contributed by atoms with E-state index >= 15 is 0 Å². The molecule has 0 atom stereocenters. The van der Waals surface area contributed by atoms with Gasteiger partial charge >= 0.3 is 0 Å². The predicted molar refractivity (Wildman–Crippen MR) is 104 cm³/mol. The van der Waals surface area contributed by atoms with Gasteiger partial charge in [0, 0.05) is 25.5 Å². The first-order valence-corrected chi connectivity index (χ1v) is 9.05. The van der Waals surface area contributed by atoms with Gasteiger partial charge in [0.1, 0.15) is 5.75 Å². The quantitative estimate of drug-likeness (QED) is 0.513. The maximum atomic E-state index is 12.2. The predicted octanol–water partition coefficient (Wildman–Crippen LogP) is 3.14. The van der Waals surface area contributed by atoms with Crippen LogP contribution in [0.25, 0.3) is 5.69 Å². The van der Waals surface area contributed by atoms with Crippen LogP contribution in [0.4, 0.5) is 5.69 Å². The first-order valence-electron chi connectivity index (χ1n) is 8.06. The van der Waals surface area contributed by atoms with Gasteiger partial charge in [0.15, 0.2) is 5.16 Å². The van der Waals surface area contributed by atoms with E-state index in [2.05, 4.69) is 10.4 Å². The van der Waals surface area contributed by atoms with E-state index in [1.165, 1.54) is 11.8 Å². The molecule has 26 heavy (non-hydrogen) atoms. The zero-order valence-corrected chi connectivity index (χ0v) is 15.4. The minimum absolute atomic E-state index is 0.0958. The van der Waals surface area contributed by atoms with Crippen LogP contribution in [0.1, 0.15) is 0 Å². The maximum absolute atomic E-state index is 12.2. The van der Waals surface area contributed by atoms with Gasteiger partial charge in [-0.25, -0.2) is 4.98 Å². The van der Waals surface area contributed by atoms with Crippen molar-refractivity contribution >= 4 is 23.4 Å². The molecule has 0 spiro atoms. The van der Waals surface area contributed by atoms with E-state index in [-0.39, 0.29) is 11.7 Å². The van der Waals surface area contributed by atoms with Gasteiger partial charge in [-0.1, -0.05) is 36.0 Å². The molecule has 1 N–H and O–H groups in total. The Morgan fingerprint density at radius 1 is 1.23 bits per heavy atom. The second-order valence-corrected chi connectivity index (χ2v) is 6.44. The fourth-order valence-electron chi connectivity index (χ4n) is 2.42.